The molecule has 0 fully saturated rings. The summed E-state index contributed by atoms with van der Waals surface area (Å²) in [5, 5.41) is 21.9. The number of carbonyl (C=O) groups excluding carboxylic acids is 2. The van der Waals surface area contributed by atoms with Crippen LogP contribution in [0.15, 0.2) is 52.7 Å². The Balaban J connectivity index is 1.65. The molecule has 0 aliphatic rings. The smallest absolute Gasteiger partial charge is 0.162 e. The van der Waals surface area contributed by atoms with E-state index in [-0.39, 0.29) is 17.3 Å². The van der Waals surface area contributed by atoms with Crippen LogP contribution in [-0.2, 0) is 20.7 Å². The number of phenols is 1. The highest BCUT2D eigenvalue weighted by molar-refractivity contribution is 5.96. The van der Waals surface area contributed by atoms with E-state index in [0.29, 0.717) is 81.0 Å². The van der Waals surface area contributed by atoms with Gasteiger partial charge < -0.3 is 19.9 Å². The predicted molar refractivity (Wildman–Crippen MR) is 154 cm³/mol. The number of carbonyl (C=O) groups is 2. The molecule has 0 atom stereocenters. The molecule has 2 aromatic carbocycles. The van der Waals surface area contributed by atoms with E-state index in [9.17, 15) is 14.7 Å². The third-order valence-corrected chi connectivity index (χ3v) is 6.06. The number of nitrogens with zero attached hydrogens (tertiary/aromatic N) is 2. The van der Waals surface area contributed by atoms with Gasteiger partial charge in [0.1, 0.15) is 17.2 Å². The minimum absolute atomic E-state index is 0.0404. The van der Waals surface area contributed by atoms with Crippen molar-refractivity contribution in [1.29, 1.82) is 0 Å². The Morgan fingerprint density at radius 2 is 1.59 bits per heavy atom. The molecular weight excluding hydrogens is 494 g/mol. The number of Topliss-reactive ketones (excluding diaryl/α,β-unsaturated/α-hetero) is 2. The van der Waals surface area contributed by atoms with E-state index in [1.165, 1.54) is 0 Å². The summed E-state index contributed by atoms with van der Waals surface area (Å²) >= 11 is 0. The molecule has 0 spiro atoms. The van der Waals surface area contributed by atoms with E-state index >= 15 is 0 Å². The number of hydrogen-bond acceptors (Lipinski definition) is 8. The Morgan fingerprint density at radius 3 is 2.28 bits per heavy atom. The van der Waals surface area contributed by atoms with Crippen LogP contribution in [0.3, 0.4) is 0 Å². The van der Waals surface area contributed by atoms with Crippen molar-refractivity contribution in [3.8, 4) is 5.75 Å². The van der Waals surface area contributed by atoms with Gasteiger partial charge in [0.2, 0.25) is 0 Å². The third-order valence-electron chi connectivity index (χ3n) is 6.06. The molecule has 2 aromatic rings. The van der Waals surface area contributed by atoms with Gasteiger partial charge in [0.25, 0.3) is 0 Å². The number of nitrogens with one attached hydrogen (secondary N) is 1. The van der Waals surface area contributed by atoms with E-state index in [2.05, 4.69) is 43.2 Å². The number of ketones is 2. The zero-order valence-electron chi connectivity index (χ0n) is 23.9. The zero-order chi connectivity index (χ0) is 28.5. The van der Waals surface area contributed by atoms with Gasteiger partial charge in [-0.15, -0.1) is 5.11 Å². The highest BCUT2D eigenvalue weighted by Gasteiger charge is 2.07. The van der Waals surface area contributed by atoms with Crippen LogP contribution in [0, 0.1) is 5.92 Å². The number of ether oxygens (including phenoxy) is 2. The average molecular weight is 540 g/mol. The third kappa shape index (κ3) is 14.1. The average Bonchev–Trinajstić information content (AvgIpc) is 2.91. The van der Waals surface area contributed by atoms with Crippen molar-refractivity contribution in [2.45, 2.75) is 72.3 Å². The van der Waals surface area contributed by atoms with Gasteiger partial charge >= 0.3 is 0 Å². The van der Waals surface area contributed by atoms with E-state index in [1.54, 1.807) is 30.3 Å². The summed E-state index contributed by atoms with van der Waals surface area (Å²) in [6.45, 7) is 11.1. The molecule has 0 heterocycles. The van der Waals surface area contributed by atoms with Crippen LogP contribution < -0.4 is 5.32 Å². The molecule has 0 aliphatic carbocycles. The van der Waals surface area contributed by atoms with Gasteiger partial charge in [0.15, 0.2) is 5.78 Å². The molecule has 0 saturated heterocycles. The lowest BCUT2D eigenvalue weighted by Crippen LogP contribution is -2.24. The quantitative estimate of drug-likeness (QED) is 0.110. The largest absolute Gasteiger partial charge is 0.506 e. The molecule has 0 saturated carbocycles. The number of phenolic OH excluding ortho intramolecular Hbond substituents is 1. The summed E-state index contributed by atoms with van der Waals surface area (Å²) < 4.78 is 11.0. The van der Waals surface area contributed by atoms with E-state index < -0.39 is 0 Å². The van der Waals surface area contributed by atoms with Gasteiger partial charge in [-0.1, -0.05) is 33.8 Å². The molecule has 0 aliphatic heterocycles. The van der Waals surface area contributed by atoms with Crippen molar-refractivity contribution in [2.24, 2.45) is 16.1 Å². The van der Waals surface area contributed by atoms with Crippen LogP contribution in [0.1, 0.15) is 75.7 Å². The highest BCUT2D eigenvalue weighted by atomic mass is 16.5. The summed E-state index contributed by atoms with van der Waals surface area (Å²) in [7, 11) is 0. The Bertz CT molecular complexity index is 1040. The van der Waals surface area contributed by atoms with Gasteiger partial charge in [0.05, 0.1) is 25.5 Å². The van der Waals surface area contributed by atoms with Crippen LogP contribution in [0.2, 0.25) is 0 Å². The summed E-state index contributed by atoms with van der Waals surface area (Å²) in [4.78, 5) is 24.2. The van der Waals surface area contributed by atoms with Crippen molar-refractivity contribution in [1.82, 2.24) is 5.32 Å². The van der Waals surface area contributed by atoms with Crippen LogP contribution in [-0.4, -0.2) is 55.7 Å². The second kappa shape index (κ2) is 18.4. The van der Waals surface area contributed by atoms with Crippen LogP contribution in [0.5, 0.6) is 5.75 Å². The number of rotatable bonds is 20. The second-order valence-electron chi connectivity index (χ2n) is 10.4. The molecule has 0 aromatic heterocycles. The molecule has 0 unspecified atom stereocenters. The van der Waals surface area contributed by atoms with Crippen LogP contribution >= 0.6 is 0 Å². The summed E-state index contributed by atoms with van der Waals surface area (Å²) in [6, 6.07) is 12.7. The summed E-state index contributed by atoms with van der Waals surface area (Å²) in [5.41, 5.74) is 2.69. The first kappa shape index (κ1) is 32.3. The Labute approximate surface area is 233 Å². The lowest BCUT2D eigenvalue weighted by atomic mass is 10.0. The molecule has 2 N–H and O–H groups in total. The molecule has 0 amide bonds. The maximum absolute atomic E-state index is 12.5. The van der Waals surface area contributed by atoms with E-state index in [1.807, 2.05) is 12.1 Å². The van der Waals surface area contributed by atoms with Gasteiger partial charge in [-0.3, -0.25) is 9.59 Å². The number of azo groups is 1. The normalized spacial score (nSPS) is 11.6. The first-order valence-corrected chi connectivity index (χ1v) is 14.0. The highest BCUT2D eigenvalue weighted by Crippen LogP contribution is 2.29. The maximum Gasteiger partial charge on any atom is 0.162 e. The van der Waals surface area contributed by atoms with Crippen molar-refractivity contribution in [3.63, 3.8) is 0 Å². The fraction of sp³-hybridized carbons (Fsp3) is 0.548. The van der Waals surface area contributed by atoms with Gasteiger partial charge in [-0.25, -0.2) is 0 Å². The first-order chi connectivity index (χ1) is 18.7. The zero-order valence-corrected chi connectivity index (χ0v) is 23.9. The van der Waals surface area contributed by atoms with Crippen LogP contribution in [0.25, 0.3) is 0 Å². The second-order valence-corrected chi connectivity index (χ2v) is 10.4. The minimum atomic E-state index is 0.0404. The maximum atomic E-state index is 12.5. The molecule has 2 rings (SSSR count). The topological polar surface area (TPSA) is 110 Å². The van der Waals surface area contributed by atoms with E-state index in [4.69, 9.17) is 9.47 Å². The summed E-state index contributed by atoms with van der Waals surface area (Å²) in [5.74, 6) is 0.901. The standard InChI is InChI=1S/C31H45N3O5/c1-23(2)7-13-28(35)16-19-39-21-20-38-18-5-6-30(36)26-9-11-27(12-10-26)33-34-29-22-25(8-14-31(29)37)15-17-32-24(3)4/h8-12,14,22-24,32,37H,5-7,13,15-21H2,1-4H3. The molecule has 39 heavy (non-hydrogen) atoms. The Kier molecular flexibility index (Phi) is 15.2. The number of benzene rings is 2. The van der Waals surface area contributed by atoms with Crippen molar-refractivity contribution < 1.29 is 24.2 Å². The monoisotopic (exact) mass is 539 g/mol. The Morgan fingerprint density at radius 1 is 0.872 bits per heavy atom. The fourth-order valence-corrected chi connectivity index (χ4v) is 3.70. The minimum Gasteiger partial charge on any atom is -0.506 e. The van der Waals surface area contributed by atoms with Gasteiger partial charge in [-0.05, 0) is 73.7 Å². The van der Waals surface area contributed by atoms with Crippen molar-refractivity contribution in [3.05, 3.63) is 53.6 Å². The Hall–Kier alpha value is -2.94. The molecule has 8 heteroatoms. The first-order valence-electron chi connectivity index (χ1n) is 14.0. The van der Waals surface area contributed by atoms with Crippen molar-refractivity contribution >= 4 is 22.9 Å². The molecule has 8 nitrogen and oxygen atoms in total. The SMILES string of the molecule is CC(C)CCC(=O)CCOCCOCCCC(=O)c1ccc(N=Nc2cc(CCNC(C)C)ccc2O)cc1. The van der Waals surface area contributed by atoms with Gasteiger partial charge in [0, 0.05) is 37.5 Å². The molecule has 214 valence electrons. The lowest BCUT2D eigenvalue weighted by molar-refractivity contribution is -0.120. The molecule has 0 radical (unpaired) electrons. The summed E-state index contributed by atoms with van der Waals surface area (Å²) in [6.07, 6.45) is 3.83. The lowest BCUT2D eigenvalue weighted by Gasteiger charge is -2.08. The van der Waals surface area contributed by atoms with Crippen LogP contribution in [0.4, 0.5) is 11.4 Å². The molecular formula is C31H45N3O5. The van der Waals surface area contributed by atoms with Crippen molar-refractivity contribution in [2.75, 3.05) is 33.0 Å². The predicted octanol–water partition coefficient (Wildman–Crippen LogP) is 6.74. The fourth-order valence-electron chi connectivity index (χ4n) is 3.70. The number of aromatic hydroxyl groups is 1. The number of hydrogen-bond donors (Lipinski definition) is 2. The molecule has 0 bridgehead atoms. The van der Waals surface area contributed by atoms with Gasteiger partial charge in [-0.2, -0.15) is 5.11 Å². The van der Waals surface area contributed by atoms with E-state index in [0.717, 1.165) is 24.9 Å².